The number of rotatable bonds is 6. The van der Waals surface area contributed by atoms with Gasteiger partial charge in [-0.05, 0) is 81.5 Å². The summed E-state index contributed by atoms with van der Waals surface area (Å²) in [7, 11) is 0. The summed E-state index contributed by atoms with van der Waals surface area (Å²) in [4.78, 5) is 10.4. The number of aryl methyl sites for hydroxylation is 1. The van der Waals surface area contributed by atoms with Gasteiger partial charge < -0.3 is 5.11 Å². The second-order valence-corrected chi connectivity index (χ2v) is 17.4. The predicted octanol–water partition coefficient (Wildman–Crippen LogP) is 14.2. The van der Waals surface area contributed by atoms with Crippen LogP contribution in [-0.2, 0) is 31.9 Å². The minimum Gasteiger partial charge on any atom is -0.507 e. The summed E-state index contributed by atoms with van der Waals surface area (Å²) in [5.41, 5.74) is 16.1. The zero-order valence-corrected chi connectivity index (χ0v) is 37.0. The zero-order valence-electron chi connectivity index (χ0n) is 37.7. The van der Waals surface area contributed by atoms with E-state index in [0.717, 1.165) is 78.0 Å². The topological polar surface area (TPSA) is 50.9 Å². The zero-order chi connectivity index (χ0) is 43.8. The van der Waals surface area contributed by atoms with E-state index in [4.69, 9.17) is 14.1 Å². The van der Waals surface area contributed by atoms with Gasteiger partial charge in [0.2, 0.25) is 0 Å². The average Bonchev–Trinajstić information content (AvgIpc) is 3.77. The van der Waals surface area contributed by atoms with E-state index in [1.165, 1.54) is 11.1 Å². The van der Waals surface area contributed by atoms with Crippen LogP contribution in [0, 0.1) is 12.9 Å². The number of fused-ring (bicyclic) bond motifs is 4. The number of para-hydroxylation sites is 2. The van der Waals surface area contributed by atoms with Crippen molar-refractivity contribution < 1.29 is 30.3 Å². The van der Waals surface area contributed by atoms with Gasteiger partial charge in [-0.15, -0.1) is 29.3 Å². The van der Waals surface area contributed by atoms with Crippen molar-refractivity contribution >= 4 is 11.0 Å². The van der Waals surface area contributed by atoms with E-state index in [1.807, 2.05) is 36.4 Å². The summed E-state index contributed by atoms with van der Waals surface area (Å²) in [6.45, 7) is 8.88. The van der Waals surface area contributed by atoms with Crippen LogP contribution in [-0.4, -0.2) is 19.6 Å². The van der Waals surface area contributed by atoms with Crippen LogP contribution in [0.5, 0.6) is 5.75 Å². The molecule has 61 heavy (non-hydrogen) atoms. The van der Waals surface area contributed by atoms with Crippen LogP contribution in [0.1, 0.15) is 61.0 Å². The van der Waals surface area contributed by atoms with Gasteiger partial charge in [-0.3, -0.25) is 9.55 Å². The monoisotopic (exact) mass is 974 g/mol. The largest absolute Gasteiger partial charge is 0.507 e. The van der Waals surface area contributed by atoms with Crippen molar-refractivity contribution in [3.63, 3.8) is 0 Å². The van der Waals surface area contributed by atoms with Gasteiger partial charge in [-0.1, -0.05) is 167 Å². The van der Waals surface area contributed by atoms with Crippen molar-refractivity contribution in [1.29, 1.82) is 0 Å². The number of hydrogen-bond donors (Lipinski definition) is 1. The molecule has 2 heterocycles. The Hall–Kier alpha value is -6.35. The van der Waals surface area contributed by atoms with Crippen LogP contribution in [0.25, 0.3) is 83.9 Å². The number of nitrogens with zero attached hydrogens (tertiary/aromatic N) is 3. The van der Waals surface area contributed by atoms with Crippen molar-refractivity contribution in [1.82, 2.24) is 14.5 Å². The van der Waals surface area contributed by atoms with Gasteiger partial charge in [-0.25, -0.2) is 4.98 Å². The first-order valence-electron chi connectivity index (χ1n) is 22.0. The molecule has 0 spiro atoms. The van der Waals surface area contributed by atoms with E-state index >= 15 is 0 Å². The number of phenols is 1. The van der Waals surface area contributed by atoms with Crippen molar-refractivity contribution in [3.8, 4) is 78.6 Å². The number of aromatic nitrogens is 3. The molecule has 7 aromatic carbocycles. The average molecular weight is 975 g/mol. The number of aromatic hydroxyl groups is 1. The first-order valence-corrected chi connectivity index (χ1v) is 20.5. The first kappa shape index (κ1) is 36.5. The molecule has 10 rings (SSSR count). The van der Waals surface area contributed by atoms with Crippen LogP contribution >= 0.6 is 0 Å². The fourth-order valence-corrected chi connectivity index (χ4v) is 8.89. The van der Waals surface area contributed by atoms with Gasteiger partial charge in [0.1, 0.15) is 11.6 Å². The maximum absolute atomic E-state index is 12.2. The maximum Gasteiger partial charge on any atom is 0.148 e. The fourth-order valence-electron chi connectivity index (χ4n) is 8.89. The Morgan fingerprint density at radius 1 is 0.623 bits per heavy atom. The molecular weight excluding hydrogens is 926 g/mol. The van der Waals surface area contributed by atoms with E-state index in [9.17, 15) is 5.11 Å². The molecule has 1 N–H and O–H groups in total. The van der Waals surface area contributed by atoms with Gasteiger partial charge in [0.05, 0.1) is 22.3 Å². The Morgan fingerprint density at radius 2 is 1.33 bits per heavy atom. The van der Waals surface area contributed by atoms with Gasteiger partial charge in [-0.2, -0.15) is 0 Å². The second-order valence-electron chi connectivity index (χ2n) is 17.4. The molecule has 0 bridgehead atoms. The van der Waals surface area contributed by atoms with Crippen LogP contribution in [0.15, 0.2) is 164 Å². The summed E-state index contributed by atoms with van der Waals surface area (Å²) < 4.78 is 25.7. The molecule has 0 atom stereocenters. The Balaban J connectivity index is 0.00000518. The summed E-state index contributed by atoms with van der Waals surface area (Å²) in [5, 5.41) is 12.2. The molecule has 2 aromatic heterocycles. The van der Waals surface area contributed by atoms with Crippen molar-refractivity contribution in [2.45, 2.75) is 52.3 Å². The SMILES string of the molecule is [2H]C([2H])([2H])c1ccc(-c2ccnc(-c3[c-]c(-c4cccc5c4nc(-c4cc6c(cc4O)C(C)(C)c4ccccc4-6)n5-c4ccccc4-c4ccccc4)cc(C(C)(C)C)c3)c2)cc1.[Pt]. The van der Waals surface area contributed by atoms with E-state index in [2.05, 4.69) is 154 Å². The molecular formula is C56H46N3OPt-. The molecule has 0 radical (unpaired) electrons. The van der Waals surface area contributed by atoms with Gasteiger partial charge in [0.15, 0.2) is 0 Å². The molecule has 0 amide bonds. The first-order chi connectivity index (χ1) is 30.2. The summed E-state index contributed by atoms with van der Waals surface area (Å²) in [6.07, 6.45) is 1.79. The van der Waals surface area contributed by atoms with Crippen LogP contribution in [0.4, 0.5) is 0 Å². The number of benzene rings is 7. The standard InChI is InChI=1S/C56H46N3O.Pt/c1-35-23-25-36(26-24-35)38-27-28-57-49(32-38)40-29-39(30-41(31-40)55(2,3)4)43-19-14-22-51-53(43)58-54(59(51)50-21-13-11-17-42(50)37-15-8-7-9-16-37)46-33-45-44-18-10-12-20-47(44)56(5,6)48(45)34-52(46)60;/h7-28,30-34,60H,1-6H3;/q-1;/i1D3;. The molecule has 0 saturated carbocycles. The minimum atomic E-state index is -2.17. The quantitative estimate of drug-likeness (QED) is 0.169. The molecule has 1 aliphatic carbocycles. The van der Waals surface area contributed by atoms with E-state index in [-0.39, 0.29) is 37.6 Å². The second kappa shape index (κ2) is 15.3. The molecule has 0 unspecified atom stereocenters. The number of imidazole rings is 1. The molecule has 1 aliphatic rings. The Morgan fingerprint density at radius 3 is 2.10 bits per heavy atom. The van der Waals surface area contributed by atoms with Crippen LogP contribution in [0.2, 0.25) is 0 Å². The van der Waals surface area contributed by atoms with Crippen molar-refractivity contribution in [2.75, 3.05) is 0 Å². The van der Waals surface area contributed by atoms with Crippen LogP contribution < -0.4 is 0 Å². The van der Waals surface area contributed by atoms with E-state index in [0.29, 0.717) is 17.0 Å². The third kappa shape index (κ3) is 6.94. The molecule has 0 fully saturated rings. The summed E-state index contributed by atoms with van der Waals surface area (Å²) in [5.74, 6) is 0.807. The summed E-state index contributed by atoms with van der Waals surface area (Å²) >= 11 is 0. The Labute approximate surface area is 377 Å². The normalized spacial score (nSPS) is 13.8. The van der Waals surface area contributed by atoms with Crippen molar-refractivity contribution in [3.05, 3.63) is 192 Å². The molecule has 0 saturated heterocycles. The van der Waals surface area contributed by atoms with Gasteiger partial charge >= 0.3 is 0 Å². The van der Waals surface area contributed by atoms with E-state index in [1.54, 1.807) is 18.3 Å². The molecule has 0 aliphatic heterocycles. The minimum absolute atomic E-state index is 0. The molecule has 302 valence electrons. The van der Waals surface area contributed by atoms with Gasteiger partial charge in [0.25, 0.3) is 0 Å². The molecule has 4 nitrogen and oxygen atoms in total. The Kier molecular flexibility index (Phi) is 9.14. The Bertz CT molecular complexity index is 3240. The van der Waals surface area contributed by atoms with Gasteiger partial charge in [0, 0.05) is 48.0 Å². The summed E-state index contributed by atoms with van der Waals surface area (Å²) in [6, 6.07) is 56.8. The maximum atomic E-state index is 12.2. The number of pyridine rings is 1. The number of hydrogen-bond acceptors (Lipinski definition) is 3. The fraction of sp³-hybridized carbons (Fsp3) is 0.143. The smallest absolute Gasteiger partial charge is 0.148 e. The molecule has 9 aromatic rings. The predicted molar refractivity (Wildman–Crippen MR) is 248 cm³/mol. The number of phenolic OH excluding ortho intramolecular Hbond substituents is 1. The van der Waals surface area contributed by atoms with E-state index < -0.39 is 6.85 Å². The third-order valence-electron chi connectivity index (χ3n) is 12.1. The third-order valence-corrected chi connectivity index (χ3v) is 12.1. The molecule has 5 heteroatoms. The van der Waals surface area contributed by atoms with Crippen molar-refractivity contribution in [2.24, 2.45) is 0 Å². The van der Waals surface area contributed by atoms with Crippen LogP contribution in [0.3, 0.4) is 0 Å².